The number of carboxylic acid groups (broad SMARTS) is 1. The minimum atomic E-state index is -1.12. The van der Waals surface area contributed by atoms with Gasteiger partial charge in [0.15, 0.2) is 11.9 Å². The molecule has 1 aromatic heterocycles. The molecule has 2 N–H and O–H groups in total. The molecule has 6 heteroatoms. The van der Waals surface area contributed by atoms with Crippen LogP contribution in [0.3, 0.4) is 0 Å². The number of hydrogen-bond acceptors (Lipinski definition) is 4. The molecular weight excluding hydrogens is 236 g/mol. The fourth-order valence-electron chi connectivity index (χ4n) is 1.30. The van der Waals surface area contributed by atoms with Gasteiger partial charge in [0.05, 0.1) is 6.20 Å². The molecule has 1 amide bonds. The van der Waals surface area contributed by atoms with Crippen LogP contribution in [0.1, 0.15) is 31.1 Å². The van der Waals surface area contributed by atoms with Gasteiger partial charge in [-0.05, 0) is 26.8 Å². The van der Waals surface area contributed by atoms with Crippen LogP contribution in [0.25, 0.3) is 0 Å². The van der Waals surface area contributed by atoms with Gasteiger partial charge in [-0.1, -0.05) is 0 Å². The number of hydrogen-bond donors (Lipinski definition) is 2. The van der Waals surface area contributed by atoms with Crippen molar-refractivity contribution in [2.24, 2.45) is 0 Å². The van der Waals surface area contributed by atoms with Crippen LogP contribution in [0, 0.1) is 0 Å². The summed E-state index contributed by atoms with van der Waals surface area (Å²) in [5, 5.41) is 11.6. The lowest BCUT2D eigenvalue weighted by molar-refractivity contribution is -0.127. The molecular formula is C12H16N2O4. The number of carboxylic acids is 1. The minimum absolute atomic E-state index is 0.00334. The monoisotopic (exact) mass is 252 g/mol. The van der Waals surface area contributed by atoms with Crippen molar-refractivity contribution in [1.82, 2.24) is 10.3 Å². The number of carbonyl (C=O) groups excluding carboxylic acids is 1. The lowest BCUT2D eigenvalue weighted by Gasteiger charge is -2.17. The van der Waals surface area contributed by atoms with Gasteiger partial charge in [0.2, 0.25) is 0 Å². The van der Waals surface area contributed by atoms with Gasteiger partial charge in [-0.3, -0.25) is 9.78 Å². The molecule has 0 aliphatic rings. The second-order valence-corrected chi connectivity index (χ2v) is 4.10. The predicted octanol–water partition coefficient (Wildman–Crippen LogP) is 1.07. The van der Waals surface area contributed by atoms with E-state index in [9.17, 15) is 9.59 Å². The lowest BCUT2D eigenvalue weighted by atomic mass is 10.2. The van der Waals surface area contributed by atoms with Gasteiger partial charge < -0.3 is 15.2 Å². The van der Waals surface area contributed by atoms with E-state index in [-0.39, 0.29) is 23.3 Å². The van der Waals surface area contributed by atoms with E-state index >= 15 is 0 Å². The van der Waals surface area contributed by atoms with Crippen LogP contribution in [-0.2, 0) is 4.79 Å². The van der Waals surface area contributed by atoms with Gasteiger partial charge in [0.1, 0.15) is 5.56 Å². The number of rotatable bonds is 5. The Morgan fingerprint density at radius 3 is 2.61 bits per heavy atom. The number of aromatic carboxylic acids is 1. The molecule has 0 bridgehead atoms. The normalized spacial score (nSPS) is 12.0. The van der Waals surface area contributed by atoms with Crippen LogP contribution in [0.15, 0.2) is 18.5 Å². The van der Waals surface area contributed by atoms with E-state index in [4.69, 9.17) is 9.84 Å². The highest BCUT2D eigenvalue weighted by molar-refractivity contribution is 5.90. The van der Waals surface area contributed by atoms with Gasteiger partial charge in [-0.25, -0.2) is 4.79 Å². The van der Waals surface area contributed by atoms with Crippen LogP contribution in [0.4, 0.5) is 0 Å². The first-order valence-electron chi connectivity index (χ1n) is 5.56. The van der Waals surface area contributed by atoms with Gasteiger partial charge in [-0.15, -0.1) is 0 Å². The van der Waals surface area contributed by atoms with Gasteiger partial charge in [0.25, 0.3) is 5.91 Å². The lowest BCUT2D eigenvalue weighted by Crippen LogP contribution is -2.40. The number of pyridine rings is 1. The van der Waals surface area contributed by atoms with Crippen LogP contribution in [-0.4, -0.2) is 34.1 Å². The molecule has 18 heavy (non-hydrogen) atoms. The molecule has 0 aliphatic heterocycles. The van der Waals surface area contributed by atoms with E-state index in [1.165, 1.54) is 18.5 Å². The molecule has 0 aliphatic carbocycles. The van der Waals surface area contributed by atoms with Gasteiger partial charge >= 0.3 is 5.97 Å². The summed E-state index contributed by atoms with van der Waals surface area (Å²) >= 11 is 0. The Labute approximate surface area is 105 Å². The number of aromatic nitrogens is 1. The quantitative estimate of drug-likeness (QED) is 0.818. The summed E-state index contributed by atoms with van der Waals surface area (Å²) in [4.78, 5) is 26.4. The average molecular weight is 252 g/mol. The van der Waals surface area contributed by atoms with Crippen molar-refractivity contribution in [1.29, 1.82) is 0 Å². The summed E-state index contributed by atoms with van der Waals surface area (Å²) < 4.78 is 5.31. The Hall–Kier alpha value is -2.11. The molecule has 0 fully saturated rings. The van der Waals surface area contributed by atoms with E-state index in [0.717, 1.165) is 0 Å². The molecule has 0 saturated heterocycles. The maximum atomic E-state index is 11.6. The van der Waals surface area contributed by atoms with Gasteiger partial charge in [0, 0.05) is 12.2 Å². The highest BCUT2D eigenvalue weighted by atomic mass is 16.5. The fourth-order valence-corrected chi connectivity index (χ4v) is 1.30. The zero-order chi connectivity index (χ0) is 13.7. The molecule has 1 rings (SSSR count). The Morgan fingerprint density at radius 1 is 1.39 bits per heavy atom. The Balaban J connectivity index is 2.78. The van der Waals surface area contributed by atoms with Crippen molar-refractivity contribution >= 4 is 11.9 Å². The maximum Gasteiger partial charge on any atom is 0.339 e. The third-order valence-electron chi connectivity index (χ3n) is 2.12. The van der Waals surface area contributed by atoms with Crippen LogP contribution in [0.5, 0.6) is 5.75 Å². The molecule has 0 spiro atoms. The van der Waals surface area contributed by atoms with Crippen molar-refractivity contribution in [2.75, 3.05) is 0 Å². The third-order valence-corrected chi connectivity index (χ3v) is 2.12. The van der Waals surface area contributed by atoms with Gasteiger partial charge in [-0.2, -0.15) is 0 Å². The Bertz CT molecular complexity index is 445. The largest absolute Gasteiger partial charge is 0.478 e. The SMILES string of the molecule is CC(C)NC(=O)C(C)Oc1cnccc1C(=O)O. The molecule has 6 nitrogen and oxygen atoms in total. The van der Waals surface area contributed by atoms with Crippen LogP contribution >= 0.6 is 0 Å². The Morgan fingerprint density at radius 2 is 2.06 bits per heavy atom. The summed E-state index contributed by atoms with van der Waals surface area (Å²) in [7, 11) is 0. The van der Waals surface area contributed by atoms with Crippen molar-refractivity contribution in [2.45, 2.75) is 32.9 Å². The zero-order valence-electron chi connectivity index (χ0n) is 10.5. The Kier molecular flexibility index (Phi) is 4.65. The van der Waals surface area contributed by atoms with Crippen LogP contribution < -0.4 is 10.1 Å². The second-order valence-electron chi connectivity index (χ2n) is 4.10. The van der Waals surface area contributed by atoms with Crippen molar-refractivity contribution in [3.05, 3.63) is 24.0 Å². The molecule has 98 valence electrons. The number of ether oxygens (including phenoxy) is 1. The molecule has 1 unspecified atom stereocenters. The average Bonchev–Trinajstić information content (AvgIpc) is 2.28. The second kappa shape index (κ2) is 6.00. The summed E-state index contributed by atoms with van der Waals surface area (Å²) in [5.41, 5.74) is -0.0193. The smallest absolute Gasteiger partial charge is 0.339 e. The first-order valence-corrected chi connectivity index (χ1v) is 5.56. The maximum absolute atomic E-state index is 11.6. The number of nitrogens with zero attached hydrogens (tertiary/aromatic N) is 1. The molecule has 1 heterocycles. The van der Waals surface area contributed by atoms with E-state index in [1.807, 2.05) is 13.8 Å². The first kappa shape index (κ1) is 14.0. The zero-order valence-corrected chi connectivity index (χ0v) is 10.5. The molecule has 0 radical (unpaired) electrons. The predicted molar refractivity (Wildman–Crippen MR) is 64.6 cm³/mol. The van der Waals surface area contributed by atoms with Crippen molar-refractivity contribution in [3.8, 4) is 5.75 Å². The minimum Gasteiger partial charge on any atom is -0.478 e. The molecule has 1 aromatic rings. The summed E-state index contributed by atoms with van der Waals surface area (Å²) in [5.74, 6) is -1.34. The standard InChI is InChI=1S/C12H16N2O4/c1-7(2)14-11(15)8(3)18-10-6-13-5-4-9(10)12(16)17/h4-8H,1-3H3,(H,14,15)(H,16,17). The van der Waals surface area contributed by atoms with Crippen molar-refractivity contribution < 1.29 is 19.4 Å². The number of carbonyl (C=O) groups is 2. The van der Waals surface area contributed by atoms with Crippen LogP contribution in [0.2, 0.25) is 0 Å². The summed E-state index contributed by atoms with van der Waals surface area (Å²) in [6.45, 7) is 5.21. The fraction of sp³-hybridized carbons (Fsp3) is 0.417. The van der Waals surface area contributed by atoms with E-state index in [1.54, 1.807) is 6.92 Å². The first-order chi connectivity index (χ1) is 8.41. The molecule has 1 atom stereocenters. The van der Waals surface area contributed by atoms with Crippen molar-refractivity contribution in [3.63, 3.8) is 0 Å². The highest BCUT2D eigenvalue weighted by Crippen LogP contribution is 2.17. The number of amides is 1. The summed E-state index contributed by atoms with van der Waals surface area (Å²) in [6, 6.07) is 1.32. The van der Waals surface area contributed by atoms with E-state index in [2.05, 4.69) is 10.3 Å². The van der Waals surface area contributed by atoms with E-state index in [0.29, 0.717) is 0 Å². The molecule has 0 aromatic carbocycles. The summed E-state index contributed by atoms with van der Waals surface area (Å²) in [6.07, 6.45) is 1.85. The third kappa shape index (κ3) is 3.73. The van der Waals surface area contributed by atoms with E-state index < -0.39 is 12.1 Å². The molecule has 0 saturated carbocycles. The highest BCUT2D eigenvalue weighted by Gasteiger charge is 2.19. The topological polar surface area (TPSA) is 88.5 Å². The number of nitrogens with one attached hydrogen (secondary N) is 1.